The van der Waals surface area contributed by atoms with Gasteiger partial charge in [-0.05, 0) is 35.9 Å². The molecule has 1 aromatic heterocycles. The fraction of sp³-hybridized carbons (Fsp3) is 0.190. The van der Waals surface area contributed by atoms with Gasteiger partial charge in [0, 0.05) is 17.7 Å². The van der Waals surface area contributed by atoms with Crippen LogP contribution in [0.5, 0.6) is 11.5 Å². The highest BCUT2D eigenvalue weighted by Gasteiger charge is 2.38. The molecule has 0 bridgehead atoms. The zero-order valence-electron chi connectivity index (χ0n) is 17.9. The van der Waals surface area contributed by atoms with E-state index in [2.05, 4.69) is 5.10 Å². The summed E-state index contributed by atoms with van der Waals surface area (Å²) in [6.45, 7) is -0.733. The number of carboxylic acid groups (broad SMARTS) is 1. The lowest BCUT2D eigenvalue weighted by Gasteiger charge is -2.07. The van der Waals surface area contributed by atoms with Crippen molar-refractivity contribution in [3.63, 3.8) is 0 Å². The zero-order valence-corrected chi connectivity index (χ0v) is 17.9. The van der Waals surface area contributed by atoms with Gasteiger partial charge in [-0.3, -0.25) is 0 Å². The number of carbonyl (C=O) groups is 1. The number of hydrogen-bond acceptors (Lipinski definition) is 6. The third-order valence-corrected chi connectivity index (χ3v) is 4.74. The minimum absolute atomic E-state index is 0.112. The molecule has 1 aliphatic heterocycles. The average molecular weight is 518 g/mol. The number of benzene rings is 2. The molecule has 192 valence electrons. The first-order valence-corrected chi connectivity index (χ1v) is 9.80. The van der Waals surface area contributed by atoms with Crippen LogP contribution in [-0.2, 0) is 11.3 Å². The largest absolute Gasteiger partial charge is 0.490 e. The standard InChI is InChI=1S/C19H15F3N4O3.C2HF3O2/c20-15-6-13(25-9-24-26(19(25)27)8-12(7-23)18(21)22)2-3-14(15)11-1-4-16-17(5-11)29-10-28-16;3-2(4,5)1(6)7/h1-6,9H,7-8,10,23H2;(H,6,7). The molecule has 3 aromatic rings. The Balaban J connectivity index is 0.000000454. The molecule has 0 saturated heterocycles. The first-order chi connectivity index (χ1) is 16.9. The van der Waals surface area contributed by atoms with Crippen molar-refractivity contribution in [1.82, 2.24) is 14.3 Å². The second-order valence-electron chi connectivity index (χ2n) is 7.04. The normalized spacial score (nSPS) is 12.1. The summed E-state index contributed by atoms with van der Waals surface area (Å²) in [5.74, 6) is -2.22. The maximum atomic E-state index is 14.7. The summed E-state index contributed by atoms with van der Waals surface area (Å²) in [4.78, 5) is 21.3. The van der Waals surface area contributed by atoms with E-state index in [1.165, 1.54) is 18.2 Å². The maximum Gasteiger partial charge on any atom is 0.490 e. The summed E-state index contributed by atoms with van der Waals surface area (Å²) in [5.41, 5.74) is 5.27. The van der Waals surface area contributed by atoms with E-state index >= 15 is 0 Å². The van der Waals surface area contributed by atoms with Crippen molar-refractivity contribution in [3.8, 4) is 28.3 Å². The van der Waals surface area contributed by atoms with E-state index in [1.807, 2.05) is 0 Å². The molecule has 0 unspecified atom stereocenters. The molecule has 3 N–H and O–H groups in total. The summed E-state index contributed by atoms with van der Waals surface area (Å²) in [7, 11) is 0. The molecule has 1 aliphatic rings. The number of alkyl halides is 3. The average Bonchev–Trinajstić information content (AvgIpc) is 3.42. The molecule has 36 heavy (non-hydrogen) atoms. The number of aromatic nitrogens is 3. The number of nitrogens with zero attached hydrogens (tertiary/aromatic N) is 3. The fourth-order valence-corrected chi connectivity index (χ4v) is 2.96. The van der Waals surface area contributed by atoms with E-state index in [-0.39, 0.29) is 12.5 Å². The number of aliphatic carboxylic acids is 1. The summed E-state index contributed by atoms with van der Waals surface area (Å²) < 4.78 is 84.5. The molecule has 0 amide bonds. The molecular weight excluding hydrogens is 502 g/mol. The Morgan fingerprint density at radius 2 is 1.78 bits per heavy atom. The Hall–Kier alpha value is -4.27. The summed E-state index contributed by atoms with van der Waals surface area (Å²) in [6, 6.07) is 9.26. The molecule has 9 nitrogen and oxygen atoms in total. The molecule has 0 saturated carbocycles. The second-order valence-corrected chi connectivity index (χ2v) is 7.04. The molecule has 4 rings (SSSR count). The number of carboxylic acids is 1. The van der Waals surface area contributed by atoms with Crippen LogP contribution in [0.15, 0.2) is 59.2 Å². The molecule has 2 aromatic carbocycles. The molecule has 0 radical (unpaired) electrons. The predicted molar refractivity (Wildman–Crippen MR) is 111 cm³/mol. The van der Waals surface area contributed by atoms with Gasteiger partial charge in [0.25, 0.3) is 6.08 Å². The van der Waals surface area contributed by atoms with Gasteiger partial charge in [-0.15, -0.1) is 0 Å². The molecule has 15 heteroatoms. The number of ether oxygens (including phenoxy) is 2. The topological polar surface area (TPSA) is 122 Å². The molecule has 0 atom stereocenters. The van der Waals surface area contributed by atoms with E-state index in [0.29, 0.717) is 22.6 Å². The van der Waals surface area contributed by atoms with Crippen molar-refractivity contribution in [3.05, 3.63) is 70.7 Å². The van der Waals surface area contributed by atoms with Gasteiger partial charge in [-0.2, -0.15) is 27.1 Å². The number of hydrogen-bond donors (Lipinski definition) is 2. The molecular formula is C21H16F6N4O5. The lowest BCUT2D eigenvalue weighted by Crippen LogP contribution is -2.26. The van der Waals surface area contributed by atoms with Crippen LogP contribution in [0.3, 0.4) is 0 Å². The smallest absolute Gasteiger partial charge is 0.475 e. The fourth-order valence-electron chi connectivity index (χ4n) is 2.96. The lowest BCUT2D eigenvalue weighted by atomic mass is 10.0. The van der Waals surface area contributed by atoms with Crippen LogP contribution in [0.2, 0.25) is 0 Å². The number of nitrogens with two attached hydrogens (primary N) is 1. The summed E-state index contributed by atoms with van der Waals surface area (Å²) in [6.07, 6.45) is -5.89. The molecule has 2 heterocycles. The third kappa shape index (κ3) is 5.86. The number of rotatable bonds is 5. The minimum Gasteiger partial charge on any atom is -0.475 e. The van der Waals surface area contributed by atoms with E-state index in [1.54, 1.807) is 18.2 Å². The van der Waals surface area contributed by atoms with Gasteiger partial charge < -0.3 is 20.3 Å². The van der Waals surface area contributed by atoms with Crippen molar-refractivity contribution in [2.24, 2.45) is 5.73 Å². The Morgan fingerprint density at radius 3 is 2.36 bits per heavy atom. The third-order valence-electron chi connectivity index (χ3n) is 4.74. The first-order valence-electron chi connectivity index (χ1n) is 9.80. The Labute approximate surface area is 197 Å². The summed E-state index contributed by atoms with van der Waals surface area (Å²) >= 11 is 0. The first kappa shape index (κ1) is 26.3. The Kier molecular flexibility index (Phi) is 7.72. The van der Waals surface area contributed by atoms with Crippen molar-refractivity contribution in [2.45, 2.75) is 12.7 Å². The van der Waals surface area contributed by atoms with Gasteiger partial charge >= 0.3 is 17.8 Å². The predicted octanol–water partition coefficient (Wildman–Crippen LogP) is 3.31. The van der Waals surface area contributed by atoms with Crippen LogP contribution in [0.25, 0.3) is 16.8 Å². The van der Waals surface area contributed by atoms with Gasteiger partial charge in [0.15, 0.2) is 11.5 Å². The van der Waals surface area contributed by atoms with Crippen LogP contribution < -0.4 is 20.9 Å². The Bertz CT molecular complexity index is 1360. The van der Waals surface area contributed by atoms with Crippen LogP contribution in [0, 0.1) is 5.82 Å². The Morgan fingerprint density at radius 1 is 1.11 bits per heavy atom. The number of halogens is 6. The van der Waals surface area contributed by atoms with Crippen LogP contribution >= 0.6 is 0 Å². The highest BCUT2D eigenvalue weighted by molar-refractivity contribution is 5.73. The van der Waals surface area contributed by atoms with Crippen molar-refractivity contribution < 1.29 is 45.7 Å². The van der Waals surface area contributed by atoms with E-state index in [0.717, 1.165) is 15.6 Å². The lowest BCUT2D eigenvalue weighted by molar-refractivity contribution is -0.192. The van der Waals surface area contributed by atoms with Crippen molar-refractivity contribution in [1.29, 1.82) is 0 Å². The zero-order chi connectivity index (χ0) is 26.6. The molecule has 0 spiro atoms. The van der Waals surface area contributed by atoms with Crippen molar-refractivity contribution in [2.75, 3.05) is 13.3 Å². The van der Waals surface area contributed by atoms with E-state index in [4.69, 9.17) is 25.1 Å². The molecule has 0 fully saturated rings. The summed E-state index contributed by atoms with van der Waals surface area (Å²) in [5, 5.41) is 10.9. The molecule has 0 aliphatic carbocycles. The number of fused-ring (bicyclic) bond motifs is 1. The van der Waals surface area contributed by atoms with Gasteiger partial charge in [-0.25, -0.2) is 23.2 Å². The van der Waals surface area contributed by atoms with Crippen LogP contribution in [0.4, 0.5) is 26.3 Å². The van der Waals surface area contributed by atoms with Crippen molar-refractivity contribution >= 4 is 5.97 Å². The van der Waals surface area contributed by atoms with Gasteiger partial charge in [0.05, 0.1) is 12.2 Å². The highest BCUT2D eigenvalue weighted by atomic mass is 19.4. The van der Waals surface area contributed by atoms with Crippen LogP contribution in [-0.4, -0.2) is 44.9 Å². The van der Waals surface area contributed by atoms with Gasteiger partial charge in [0.2, 0.25) is 6.79 Å². The van der Waals surface area contributed by atoms with Gasteiger partial charge in [0.1, 0.15) is 12.1 Å². The highest BCUT2D eigenvalue weighted by Crippen LogP contribution is 2.36. The van der Waals surface area contributed by atoms with Gasteiger partial charge in [-0.1, -0.05) is 6.07 Å². The van der Waals surface area contributed by atoms with Crippen LogP contribution in [0.1, 0.15) is 0 Å². The SMILES string of the molecule is NCC(Cn1ncn(-c2ccc(-c3ccc4c(c3)OCO4)c(F)c2)c1=O)=C(F)F.O=C(O)C(F)(F)F. The maximum absolute atomic E-state index is 14.7. The minimum atomic E-state index is -5.08. The van der Waals surface area contributed by atoms with E-state index in [9.17, 15) is 31.1 Å². The quantitative estimate of drug-likeness (QED) is 0.497. The second kappa shape index (κ2) is 10.6. The monoisotopic (exact) mass is 518 g/mol. The van der Waals surface area contributed by atoms with E-state index < -0.39 is 48.4 Å².